The van der Waals surface area contributed by atoms with Gasteiger partial charge in [-0.1, -0.05) is 6.92 Å². The second-order valence-electron chi connectivity index (χ2n) is 3.95. The van der Waals surface area contributed by atoms with Crippen LogP contribution < -0.4 is 15.8 Å². The minimum Gasteiger partial charge on any atom is -0.487 e. The van der Waals surface area contributed by atoms with Crippen LogP contribution in [0.25, 0.3) is 0 Å². The zero-order valence-corrected chi connectivity index (χ0v) is 10.7. The lowest BCUT2D eigenvalue weighted by atomic mass is 10.2. The van der Waals surface area contributed by atoms with Gasteiger partial charge in [0.25, 0.3) is 0 Å². The van der Waals surface area contributed by atoms with Gasteiger partial charge in [0.05, 0.1) is 12.6 Å². The van der Waals surface area contributed by atoms with Crippen LogP contribution in [0.2, 0.25) is 0 Å². The first-order valence-corrected chi connectivity index (χ1v) is 5.87. The summed E-state index contributed by atoms with van der Waals surface area (Å²) in [7, 11) is 0. The molecule has 3 N–H and O–H groups in total. The zero-order valence-electron chi connectivity index (χ0n) is 10.7. The Morgan fingerprint density at radius 2 is 1.85 bits per heavy atom. The van der Waals surface area contributed by atoms with Crippen LogP contribution in [0.4, 0.5) is 17.6 Å². The summed E-state index contributed by atoms with van der Waals surface area (Å²) < 4.78 is 57.0. The van der Waals surface area contributed by atoms with Crippen molar-refractivity contribution < 1.29 is 27.1 Å². The highest BCUT2D eigenvalue weighted by molar-refractivity contribution is 5.79. The predicted molar refractivity (Wildman–Crippen MR) is 63.0 cm³/mol. The molecule has 0 aliphatic heterocycles. The number of halogens is 4. The lowest BCUT2D eigenvalue weighted by molar-refractivity contribution is -0.120. The van der Waals surface area contributed by atoms with Crippen molar-refractivity contribution in [2.75, 3.05) is 13.2 Å². The normalized spacial score (nSPS) is 12.2. The number of amides is 1. The summed E-state index contributed by atoms with van der Waals surface area (Å²) >= 11 is 0. The first-order valence-electron chi connectivity index (χ1n) is 5.87. The molecule has 4 nitrogen and oxygen atoms in total. The van der Waals surface area contributed by atoms with E-state index in [1.165, 1.54) is 0 Å². The van der Waals surface area contributed by atoms with Gasteiger partial charge >= 0.3 is 0 Å². The van der Waals surface area contributed by atoms with E-state index in [1.807, 2.05) is 0 Å². The van der Waals surface area contributed by atoms with E-state index in [0.717, 1.165) is 0 Å². The minimum absolute atomic E-state index is 0.000184. The number of hydrogen-bond donors (Lipinski definition) is 2. The summed E-state index contributed by atoms with van der Waals surface area (Å²) in [5.41, 5.74) is 5.09. The molecule has 112 valence electrons. The van der Waals surface area contributed by atoms with E-state index in [-0.39, 0.29) is 19.1 Å². The highest BCUT2D eigenvalue weighted by atomic mass is 19.2. The number of nitrogens with one attached hydrogen (secondary N) is 1. The maximum Gasteiger partial charge on any atom is 0.234 e. The molecule has 8 heteroatoms. The van der Waals surface area contributed by atoms with Crippen LogP contribution in [0, 0.1) is 23.3 Å². The molecule has 1 unspecified atom stereocenters. The Labute approximate surface area is 112 Å². The molecule has 0 fully saturated rings. The van der Waals surface area contributed by atoms with Gasteiger partial charge in [0, 0.05) is 12.5 Å². The van der Waals surface area contributed by atoms with E-state index in [0.29, 0.717) is 6.54 Å². The lowest BCUT2D eigenvalue weighted by Crippen LogP contribution is -2.42. The molecule has 0 aliphatic carbocycles. The molecule has 0 bridgehead atoms. The number of ether oxygens (including phenoxy) is 1. The van der Waals surface area contributed by atoms with E-state index in [1.54, 1.807) is 6.92 Å². The maximum absolute atomic E-state index is 13.3. The van der Waals surface area contributed by atoms with Crippen molar-refractivity contribution in [1.82, 2.24) is 5.32 Å². The van der Waals surface area contributed by atoms with Gasteiger partial charge in [-0.15, -0.1) is 0 Å². The number of primary amides is 1. The largest absolute Gasteiger partial charge is 0.487 e. The van der Waals surface area contributed by atoms with Gasteiger partial charge in [-0.05, 0) is 6.54 Å². The summed E-state index contributed by atoms with van der Waals surface area (Å²) in [6.07, 6.45) is 0.000184. The number of carbonyl (C=O) groups is 1. The van der Waals surface area contributed by atoms with Crippen molar-refractivity contribution in [3.05, 3.63) is 29.3 Å². The molecule has 0 saturated carbocycles. The van der Waals surface area contributed by atoms with Gasteiger partial charge in [0.2, 0.25) is 17.5 Å². The van der Waals surface area contributed by atoms with Crippen molar-refractivity contribution in [3.8, 4) is 5.75 Å². The number of nitrogens with two attached hydrogens (primary N) is 1. The summed E-state index contributed by atoms with van der Waals surface area (Å²) in [6, 6.07) is -0.674. The molecule has 0 radical (unpaired) electrons. The molecule has 1 rings (SSSR count). The van der Waals surface area contributed by atoms with E-state index in [2.05, 4.69) is 10.1 Å². The number of carbonyl (C=O) groups excluding carboxylic acids is 1. The van der Waals surface area contributed by atoms with Gasteiger partial charge in [0.15, 0.2) is 17.4 Å². The van der Waals surface area contributed by atoms with Gasteiger partial charge in [-0.2, -0.15) is 8.78 Å². The smallest absolute Gasteiger partial charge is 0.234 e. The van der Waals surface area contributed by atoms with Crippen LogP contribution in [0.5, 0.6) is 5.75 Å². The summed E-state index contributed by atoms with van der Waals surface area (Å²) in [5, 5.41) is 2.73. The highest BCUT2D eigenvalue weighted by Crippen LogP contribution is 2.26. The molecule has 0 aromatic heterocycles. The summed E-state index contributed by atoms with van der Waals surface area (Å²) in [5.74, 6) is -8.18. The Balaban J connectivity index is 2.73. The molecule has 1 atom stereocenters. The van der Waals surface area contributed by atoms with Crippen LogP contribution in [0.15, 0.2) is 6.07 Å². The van der Waals surface area contributed by atoms with Gasteiger partial charge in [0.1, 0.15) is 0 Å². The molecule has 1 aromatic rings. The number of benzene rings is 1. The van der Waals surface area contributed by atoms with Gasteiger partial charge < -0.3 is 15.8 Å². The third-order valence-electron chi connectivity index (χ3n) is 2.52. The SMILES string of the molecule is CCNC(CCOc1c(F)c(F)cc(F)c1F)C(N)=O. The molecular weight excluding hydrogens is 280 g/mol. The quantitative estimate of drug-likeness (QED) is 0.591. The van der Waals surface area contributed by atoms with Gasteiger partial charge in [-0.3, -0.25) is 4.79 Å². The minimum atomic E-state index is -1.62. The van der Waals surface area contributed by atoms with Crippen molar-refractivity contribution in [2.45, 2.75) is 19.4 Å². The number of hydrogen-bond acceptors (Lipinski definition) is 3. The molecule has 0 aliphatic rings. The number of likely N-dealkylation sites (N-methyl/N-ethyl adjacent to an activating group) is 1. The molecule has 0 saturated heterocycles. The predicted octanol–water partition coefficient (Wildman–Crippen LogP) is 1.48. The van der Waals surface area contributed by atoms with E-state index >= 15 is 0 Å². The fourth-order valence-electron chi connectivity index (χ4n) is 1.55. The summed E-state index contributed by atoms with van der Waals surface area (Å²) in [4.78, 5) is 11.0. The third-order valence-corrected chi connectivity index (χ3v) is 2.52. The van der Waals surface area contributed by atoms with E-state index < -0.39 is 41.0 Å². The topological polar surface area (TPSA) is 64.3 Å². The first-order chi connectivity index (χ1) is 9.38. The molecule has 20 heavy (non-hydrogen) atoms. The van der Waals surface area contributed by atoms with E-state index in [9.17, 15) is 22.4 Å². The fraction of sp³-hybridized carbons (Fsp3) is 0.417. The van der Waals surface area contributed by atoms with Crippen LogP contribution in [0.1, 0.15) is 13.3 Å². The first kappa shape index (κ1) is 16.2. The van der Waals surface area contributed by atoms with Crippen molar-refractivity contribution in [1.29, 1.82) is 0 Å². The van der Waals surface area contributed by atoms with E-state index in [4.69, 9.17) is 5.73 Å². The molecule has 1 amide bonds. The second-order valence-corrected chi connectivity index (χ2v) is 3.95. The molecule has 0 heterocycles. The number of rotatable bonds is 7. The highest BCUT2D eigenvalue weighted by Gasteiger charge is 2.21. The van der Waals surface area contributed by atoms with Gasteiger partial charge in [-0.25, -0.2) is 8.78 Å². The Hall–Kier alpha value is -1.83. The molecule has 1 aromatic carbocycles. The molecule has 0 spiro atoms. The monoisotopic (exact) mass is 294 g/mol. The van der Waals surface area contributed by atoms with Crippen molar-refractivity contribution in [3.63, 3.8) is 0 Å². The van der Waals surface area contributed by atoms with Crippen LogP contribution in [-0.2, 0) is 4.79 Å². The van der Waals surface area contributed by atoms with Crippen molar-refractivity contribution in [2.24, 2.45) is 5.73 Å². The molecular formula is C12H14F4N2O2. The second kappa shape index (κ2) is 7.09. The Morgan fingerprint density at radius 3 is 2.30 bits per heavy atom. The lowest BCUT2D eigenvalue weighted by Gasteiger charge is -2.15. The standard InChI is InChI=1S/C12H14F4N2O2/c1-2-18-8(12(17)19)3-4-20-11-9(15)6(13)5-7(14)10(11)16/h5,8,18H,2-4H2,1H3,(H2,17,19). The van der Waals surface area contributed by atoms with Crippen LogP contribution >= 0.6 is 0 Å². The maximum atomic E-state index is 13.3. The zero-order chi connectivity index (χ0) is 15.3. The van der Waals surface area contributed by atoms with Crippen LogP contribution in [0.3, 0.4) is 0 Å². The summed E-state index contributed by atoms with van der Waals surface area (Å²) in [6.45, 7) is 1.85. The average Bonchev–Trinajstić information content (AvgIpc) is 2.39. The average molecular weight is 294 g/mol. The fourth-order valence-corrected chi connectivity index (χ4v) is 1.55. The Bertz CT molecular complexity index is 471. The van der Waals surface area contributed by atoms with Crippen LogP contribution in [-0.4, -0.2) is 25.1 Å². The van der Waals surface area contributed by atoms with Crippen molar-refractivity contribution >= 4 is 5.91 Å². The third kappa shape index (κ3) is 3.83. The Morgan fingerprint density at radius 1 is 1.30 bits per heavy atom. The Kier molecular flexibility index (Phi) is 5.75.